The fourth-order valence-corrected chi connectivity index (χ4v) is 4.43. The average molecular weight is 419 g/mol. The van der Waals surface area contributed by atoms with E-state index in [-0.39, 0.29) is 0 Å². The van der Waals surface area contributed by atoms with E-state index in [1.54, 1.807) is 0 Å². The van der Waals surface area contributed by atoms with Crippen LogP contribution in [0, 0.1) is 6.92 Å². The zero-order chi connectivity index (χ0) is 22.8. The third-order valence-electron chi connectivity index (χ3n) is 5.93. The van der Waals surface area contributed by atoms with E-state index in [4.69, 9.17) is 4.98 Å². The monoisotopic (exact) mass is 418 g/mol. The molecule has 0 unspecified atom stereocenters. The van der Waals surface area contributed by atoms with Gasteiger partial charge >= 0.3 is 0 Å². The van der Waals surface area contributed by atoms with Crippen molar-refractivity contribution in [3.05, 3.63) is 114 Å². The predicted molar refractivity (Wildman–Crippen MR) is 140 cm³/mol. The third kappa shape index (κ3) is 3.85. The summed E-state index contributed by atoms with van der Waals surface area (Å²) in [7, 11) is 0. The molecule has 2 aromatic carbocycles. The van der Waals surface area contributed by atoms with Gasteiger partial charge in [0, 0.05) is 34.1 Å². The van der Waals surface area contributed by atoms with Crippen LogP contribution in [0.3, 0.4) is 0 Å². The Morgan fingerprint density at radius 1 is 1.03 bits per heavy atom. The first kappa shape index (κ1) is 21.6. The topological polar surface area (TPSA) is 17.8 Å². The highest BCUT2D eigenvalue weighted by Crippen LogP contribution is 2.38. The molecule has 0 fully saturated rings. The second-order valence-corrected chi connectivity index (χ2v) is 8.54. The number of allylic oxidation sites excluding steroid dienone is 6. The normalized spacial score (nSPS) is 11.4. The molecule has 0 bridgehead atoms. The molecular weight excluding hydrogens is 388 g/mol. The molecule has 0 spiro atoms. The number of benzene rings is 2. The lowest BCUT2D eigenvalue weighted by Gasteiger charge is -2.15. The predicted octanol–water partition coefficient (Wildman–Crippen LogP) is 8.11. The van der Waals surface area contributed by atoms with E-state index in [0.717, 1.165) is 23.3 Å². The number of hydrogen-bond acceptors (Lipinski definition) is 1. The summed E-state index contributed by atoms with van der Waals surface area (Å²) in [6.07, 6.45) is 5.99. The Kier molecular flexibility index (Phi) is 5.96. The molecule has 0 aliphatic rings. The lowest BCUT2D eigenvalue weighted by molar-refractivity contribution is 0.811. The number of rotatable bonds is 6. The van der Waals surface area contributed by atoms with Crippen LogP contribution in [0.2, 0.25) is 0 Å². The van der Waals surface area contributed by atoms with Gasteiger partial charge in [-0.15, -0.1) is 0 Å². The first-order valence-corrected chi connectivity index (χ1v) is 11.0. The van der Waals surface area contributed by atoms with Gasteiger partial charge < -0.3 is 4.57 Å². The number of nitrogens with zero attached hydrogens (tertiary/aromatic N) is 2. The largest absolute Gasteiger partial charge is 0.336 e. The van der Waals surface area contributed by atoms with Crippen molar-refractivity contribution in [2.24, 2.45) is 0 Å². The number of aryl methyl sites for hydroxylation is 1. The first-order valence-electron chi connectivity index (χ1n) is 11.0. The molecular formula is C30H30N2. The Hall–Kier alpha value is -3.65. The first-order chi connectivity index (χ1) is 15.4. The van der Waals surface area contributed by atoms with Crippen LogP contribution in [-0.4, -0.2) is 9.55 Å². The van der Waals surface area contributed by atoms with Gasteiger partial charge in [-0.3, -0.25) is 4.98 Å². The van der Waals surface area contributed by atoms with Crippen LogP contribution in [0.5, 0.6) is 0 Å². The highest BCUT2D eigenvalue weighted by molar-refractivity contribution is 6.01. The molecule has 0 atom stereocenters. The third-order valence-corrected chi connectivity index (χ3v) is 5.93. The average Bonchev–Trinajstić information content (AvgIpc) is 3.09. The molecule has 2 heterocycles. The summed E-state index contributed by atoms with van der Waals surface area (Å²) in [5.74, 6) is 0. The van der Waals surface area contributed by atoms with Gasteiger partial charge in [0.2, 0.25) is 0 Å². The maximum atomic E-state index is 4.87. The van der Waals surface area contributed by atoms with Gasteiger partial charge in [0.1, 0.15) is 0 Å². The Morgan fingerprint density at radius 2 is 1.75 bits per heavy atom. The van der Waals surface area contributed by atoms with Gasteiger partial charge in [-0.25, -0.2) is 0 Å². The summed E-state index contributed by atoms with van der Waals surface area (Å²) in [4.78, 5) is 4.87. The van der Waals surface area contributed by atoms with E-state index in [0.29, 0.717) is 0 Å². The highest BCUT2D eigenvalue weighted by atomic mass is 15.0. The minimum atomic E-state index is 0.744. The summed E-state index contributed by atoms with van der Waals surface area (Å²) in [5, 5.41) is 2.40. The van der Waals surface area contributed by atoms with Crippen LogP contribution < -0.4 is 0 Å². The molecule has 160 valence electrons. The second kappa shape index (κ2) is 8.84. The van der Waals surface area contributed by atoms with Gasteiger partial charge in [-0.2, -0.15) is 0 Å². The standard InChI is InChI=1S/C30H30N2/c1-7-8-14-25(20(2)3)29-26-15-10-12-17-28(26)32(30(29)21(4)5)19-24-18-23-13-9-11-16-27(23)31-22(24)6/h7-18H,1,4,19H2,2-3,5-6H3/b14-8-. The number of hydrogen-bond donors (Lipinski definition) is 0. The van der Waals surface area contributed by atoms with Crippen LogP contribution in [-0.2, 0) is 6.54 Å². The van der Waals surface area contributed by atoms with Crippen LogP contribution in [0.4, 0.5) is 0 Å². The molecule has 4 aromatic rings. The quantitative estimate of drug-likeness (QED) is 0.289. The fourth-order valence-electron chi connectivity index (χ4n) is 4.43. The van der Waals surface area contributed by atoms with E-state index >= 15 is 0 Å². The Bertz CT molecular complexity index is 1410. The smallest absolute Gasteiger partial charge is 0.0705 e. The zero-order valence-corrected chi connectivity index (χ0v) is 19.4. The molecule has 0 amide bonds. The number of fused-ring (bicyclic) bond motifs is 2. The van der Waals surface area contributed by atoms with E-state index in [9.17, 15) is 0 Å². The number of aromatic nitrogens is 2. The maximum Gasteiger partial charge on any atom is 0.0705 e. The van der Waals surface area contributed by atoms with Crippen molar-refractivity contribution >= 4 is 33.0 Å². The Balaban J connectivity index is 2.01. The van der Waals surface area contributed by atoms with Crippen molar-refractivity contribution in [1.29, 1.82) is 0 Å². The molecule has 2 aromatic heterocycles. The molecule has 2 nitrogen and oxygen atoms in total. The van der Waals surface area contributed by atoms with E-state index in [1.807, 2.05) is 18.2 Å². The van der Waals surface area contributed by atoms with E-state index < -0.39 is 0 Å². The summed E-state index contributed by atoms with van der Waals surface area (Å²) >= 11 is 0. The van der Waals surface area contributed by atoms with Crippen LogP contribution >= 0.6 is 0 Å². The second-order valence-electron chi connectivity index (χ2n) is 8.54. The number of para-hydroxylation sites is 2. The van der Waals surface area contributed by atoms with Crippen molar-refractivity contribution < 1.29 is 0 Å². The lowest BCUT2D eigenvalue weighted by Crippen LogP contribution is -2.07. The van der Waals surface area contributed by atoms with E-state index in [1.165, 1.54) is 44.3 Å². The van der Waals surface area contributed by atoms with Crippen molar-refractivity contribution in [3.63, 3.8) is 0 Å². The molecule has 4 rings (SSSR count). The zero-order valence-electron chi connectivity index (χ0n) is 19.4. The molecule has 0 aliphatic carbocycles. The van der Waals surface area contributed by atoms with Gasteiger partial charge in [0.05, 0.1) is 11.2 Å². The molecule has 0 saturated carbocycles. The number of pyridine rings is 1. The van der Waals surface area contributed by atoms with Gasteiger partial charge in [0.15, 0.2) is 0 Å². The molecule has 2 heteroatoms. The maximum absolute atomic E-state index is 4.87. The Morgan fingerprint density at radius 3 is 2.47 bits per heavy atom. The van der Waals surface area contributed by atoms with Crippen molar-refractivity contribution in [2.75, 3.05) is 0 Å². The van der Waals surface area contributed by atoms with Crippen LogP contribution in [0.25, 0.3) is 33.0 Å². The fraction of sp³-hybridized carbons (Fsp3) is 0.167. The van der Waals surface area contributed by atoms with Gasteiger partial charge in [-0.1, -0.05) is 73.4 Å². The summed E-state index contributed by atoms with van der Waals surface area (Å²) in [6, 6.07) is 19.2. The van der Waals surface area contributed by atoms with Gasteiger partial charge in [-0.05, 0) is 62.6 Å². The lowest BCUT2D eigenvalue weighted by atomic mass is 9.95. The molecule has 0 saturated heterocycles. The minimum absolute atomic E-state index is 0.744. The molecule has 0 N–H and O–H groups in total. The highest BCUT2D eigenvalue weighted by Gasteiger charge is 2.21. The van der Waals surface area contributed by atoms with Crippen LogP contribution in [0.15, 0.2) is 91.6 Å². The summed E-state index contributed by atoms with van der Waals surface area (Å²) < 4.78 is 2.40. The van der Waals surface area contributed by atoms with Gasteiger partial charge in [0.25, 0.3) is 0 Å². The molecule has 32 heavy (non-hydrogen) atoms. The summed E-state index contributed by atoms with van der Waals surface area (Å²) in [6.45, 7) is 17.5. The van der Waals surface area contributed by atoms with Crippen molar-refractivity contribution in [3.8, 4) is 0 Å². The van der Waals surface area contributed by atoms with E-state index in [2.05, 4.69) is 100 Å². The van der Waals surface area contributed by atoms with Crippen LogP contribution in [0.1, 0.15) is 43.3 Å². The molecule has 0 radical (unpaired) electrons. The van der Waals surface area contributed by atoms with Crippen molar-refractivity contribution in [2.45, 2.75) is 34.2 Å². The summed E-state index contributed by atoms with van der Waals surface area (Å²) in [5.41, 5.74) is 10.5. The van der Waals surface area contributed by atoms with Crippen molar-refractivity contribution in [1.82, 2.24) is 9.55 Å². The SMILES string of the molecule is C=C/C=C\C(=C(C)C)c1c(C(=C)C)n(Cc2cc3ccccc3nc2C)c2ccccc12. The minimum Gasteiger partial charge on any atom is -0.336 e. The molecule has 0 aliphatic heterocycles. The Labute approximate surface area is 190 Å².